The number of nitrogens with one attached hydrogen (secondary N) is 2. The molecule has 1 saturated carbocycles. The molecule has 8 nitrogen and oxygen atoms in total. The van der Waals surface area contributed by atoms with Crippen LogP contribution in [0.2, 0.25) is 0 Å². The molecule has 3 amide bonds. The fraction of sp³-hybridized carbons (Fsp3) is 0.312. The molecule has 4 N–H and O–H groups in total. The standard InChI is InChI=1S/C32H30F4N4O4/c33-20-10-4-9-19(17-20)26-23-11-5-13-24(44-21-14-15-21)27(23)39-31(43)29(38-26)40-30(42)22(12-6-16-32(34,35)36)25(28(37)41)18-7-2-1-3-8-18/h1-5,7-11,13,17,21-22,25,29H,6,12,14-16H2,(H2,37,41)(H,39,43)(H,40,42)/t22-,25+,29-/m1/s1. The first kappa shape index (κ1) is 30.7. The maximum absolute atomic E-state index is 14.3. The molecule has 0 unspecified atom stereocenters. The maximum atomic E-state index is 14.3. The lowest BCUT2D eigenvalue weighted by atomic mass is 9.81. The van der Waals surface area contributed by atoms with Crippen LogP contribution in [-0.4, -0.2) is 41.9 Å². The molecular formula is C32H30F4N4O4. The van der Waals surface area contributed by atoms with Crippen molar-refractivity contribution >= 4 is 29.1 Å². The SMILES string of the molecule is NC(=O)[C@@H](c1ccccc1)[C@@H](CCCC(F)(F)F)C(=O)N[C@H]1N=C(c2cccc(F)c2)c2cccc(OC3CC3)c2NC1=O. The lowest BCUT2D eigenvalue weighted by molar-refractivity contribution is -0.139. The number of nitrogens with two attached hydrogens (primary N) is 1. The number of benzene rings is 3. The molecule has 0 radical (unpaired) electrons. The minimum absolute atomic E-state index is 0.0205. The number of carbonyl (C=O) groups excluding carboxylic acids is 3. The Labute approximate surface area is 250 Å². The van der Waals surface area contributed by atoms with E-state index in [-0.39, 0.29) is 23.9 Å². The second-order valence-corrected chi connectivity index (χ2v) is 10.8. The van der Waals surface area contributed by atoms with Gasteiger partial charge in [0.25, 0.3) is 5.91 Å². The molecule has 5 rings (SSSR count). The van der Waals surface area contributed by atoms with Crippen LogP contribution in [0.15, 0.2) is 77.8 Å². The van der Waals surface area contributed by atoms with Crippen molar-refractivity contribution < 1.29 is 36.7 Å². The highest BCUT2D eigenvalue weighted by Crippen LogP contribution is 2.37. The Balaban J connectivity index is 1.51. The zero-order valence-electron chi connectivity index (χ0n) is 23.4. The molecule has 3 aromatic rings. The highest BCUT2D eigenvalue weighted by Gasteiger charge is 2.38. The number of alkyl halides is 3. The lowest BCUT2D eigenvalue weighted by Crippen LogP contribution is -2.47. The van der Waals surface area contributed by atoms with E-state index in [9.17, 15) is 31.9 Å². The highest BCUT2D eigenvalue weighted by molar-refractivity contribution is 6.20. The summed E-state index contributed by atoms with van der Waals surface area (Å²) in [7, 11) is 0. The van der Waals surface area contributed by atoms with Crippen LogP contribution in [-0.2, 0) is 14.4 Å². The van der Waals surface area contributed by atoms with Crippen LogP contribution in [0.25, 0.3) is 0 Å². The number of aliphatic imine (C=N–C) groups is 1. The van der Waals surface area contributed by atoms with Gasteiger partial charge in [0, 0.05) is 17.5 Å². The van der Waals surface area contributed by atoms with Crippen molar-refractivity contribution in [3.05, 3.63) is 95.3 Å². The summed E-state index contributed by atoms with van der Waals surface area (Å²) >= 11 is 0. The Bertz CT molecular complexity index is 1570. The molecule has 0 saturated heterocycles. The molecule has 1 aliphatic carbocycles. The zero-order chi connectivity index (χ0) is 31.4. The van der Waals surface area contributed by atoms with Gasteiger partial charge < -0.3 is 21.1 Å². The summed E-state index contributed by atoms with van der Waals surface area (Å²) in [6.07, 6.45) is -6.37. The number of primary amides is 1. The number of para-hydroxylation sites is 1. The fourth-order valence-electron chi connectivity index (χ4n) is 5.20. The molecule has 12 heteroatoms. The van der Waals surface area contributed by atoms with Crippen LogP contribution in [0.3, 0.4) is 0 Å². The van der Waals surface area contributed by atoms with Crippen LogP contribution in [0.4, 0.5) is 23.2 Å². The number of amides is 3. The predicted octanol–water partition coefficient (Wildman–Crippen LogP) is 5.22. The average Bonchev–Trinajstić information content (AvgIpc) is 3.80. The Morgan fingerprint density at radius 2 is 1.77 bits per heavy atom. The molecule has 1 aliphatic heterocycles. The van der Waals surface area contributed by atoms with Gasteiger partial charge in [-0.3, -0.25) is 14.4 Å². The van der Waals surface area contributed by atoms with E-state index in [1.807, 2.05) is 0 Å². The first-order chi connectivity index (χ1) is 21.0. The number of rotatable bonds is 11. The summed E-state index contributed by atoms with van der Waals surface area (Å²) in [4.78, 5) is 44.5. The van der Waals surface area contributed by atoms with Crippen molar-refractivity contribution in [3.8, 4) is 5.75 Å². The summed E-state index contributed by atoms with van der Waals surface area (Å²) in [5, 5.41) is 5.27. The van der Waals surface area contributed by atoms with Gasteiger partial charge >= 0.3 is 6.18 Å². The number of fused-ring (bicyclic) bond motifs is 1. The van der Waals surface area contributed by atoms with Crippen LogP contribution in [0.5, 0.6) is 5.75 Å². The number of ether oxygens (including phenoxy) is 1. The van der Waals surface area contributed by atoms with Gasteiger partial charge in [-0.25, -0.2) is 9.38 Å². The zero-order valence-corrected chi connectivity index (χ0v) is 23.4. The first-order valence-corrected chi connectivity index (χ1v) is 14.2. The average molecular weight is 611 g/mol. The van der Waals surface area contributed by atoms with E-state index in [1.165, 1.54) is 18.2 Å². The first-order valence-electron chi connectivity index (χ1n) is 14.2. The summed E-state index contributed by atoms with van der Waals surface area (Å²) in [6, 6.07) is 18.6. The largest absolute Gasteiger partial charge is 0.488 e. The van der Waals surface area contributed by atoms with Gasteiger partial charge in [-0.15, -0.1) is 0 Å². The number of carbonyl (C=O) groups is 3. The molecule has 1 heterocycles. The minimum Gasteiger partial charge on any atom is -0.488 e. The number of hydrogen-bond acceptors (Lipinski definition) is 5. The van der Waals surface area contributed by atoms with Gasteiger partial charge in [0.15, 0.2) is 0 Å². The van der Waals surface area contributed by atoms with E-state index in [1.54, 1.807) is 54.6 Å². The van der Waals surface area contributed by atoms with Gasteiger partial charge in [-0.05, 0) is 49.4 Å². The monoisotopic (exact) mass is 610 g/mol. The molecule has 0 bridgehead atoms. The van der Waals surface area contributed by atoms with E-state index in [2.05, 4.69) is 15.6 Å². The normalized spacial score (nSPS) is 17.8. The molecule has 0 spiro atoms. The van der Waals surface area contributed by atoms with Crippen LogP contribution in [0, 0.1) is 11.7 Å². The Kier molecular flexibility index (Phi) is 8.98. The van der Waals surface area contributed by atoms with Crippen molar-refractivity contribution in [2.75, 3.05) is 5.32 Å². The second-order valence-electron chi connectivity index (χ2n) is 10.8. The van der Waals surface area contributed by atoms with Gasteiger partial charge in [-0.1, -0.05) is 54.6 Å². The van der Waals surface area contributed by atoms with Crippen molar-refractivity contribution in [2.24, 2.45) is 16.6 Å². The van der Waals surface area contributed by atoms with E-state index in [0.29, 0.717) is 22.4 Å². The molecule has 1 fully saturated rings. The van der Waals surface area contributed by atoms with Crippen molar-refractivity contribution in [1.29, 1.82) is 0 Å². The molecule has 0 aromatic heterocycles. The molecule has 3 atom stereocenters. The Hall–Kier alpha value is -4.74. The second kappa shape index (κ2) is 12.9. The number of nitrogens with zero attached hydrogens (tertiary/aromatic N) is 1. The Morgan fingerprint density at radius 1 is 1.05 bits per heavy atom. The number of halogens is 4. The van der Waals surface area contributed by atoms with Gasteiger partial charge in [0.05, 0.1) is 29.3 Å². The molecule has 230 valence electrons. The fourth-order valence-corrected chi connectivity index (χ4v) is 5.20. The lowest BCUT2D eigenvalue weighted by Gasteiger charge is -2.26. The molecule has 2 aliphatic rings. The Morgan fingerprint density at radius 3 is 2.43 bits per heavy atom. The highest BCUT2D eigenvalue weighted by atomic mass is 19.4. The summed E-state index contributed by atoms with van der Waals surface area (Å²) < 4.78 is 59.4. The van der Waals surface area contributed by atoms with E-state index in [4.69, 9.17) is 10.5 Å². The minimum atomic E-state index is -4.48. The van der Waals surface area contributed by atoms with Gasteiger partial charge in [0.2, 0.25) is 18.0 Å². The number of hydrogen-bond donors (Lipinski definition) is 3. The van der Waals surface area contributed by atoms with Crippen LogP contribution < -0.4 is 21.1 Å². The van der Waals surface area contributed by atoms with Crippen molar-refractivity contribution in [3.63, 3.8) is 0 Å². The summed E-state index contributed by atoms with van der Waals surface area (Å²) in [5.74, 6) is -5.37. The summed E-state index contributed by atoms with van der Waals surface area (Å²) in [5.41, 5.74) is 7.21. The smallest absolute Gasteiger partial charge is 0.389 e. The van der Waals surface area contributed by atoms with Crippen LogP contribution >= 0.6 is 0 Å². The van der Waals surface area contributed by atoms with Crippen molar-refractivity contribution in [2.45, 2.75) is 56.5 Å². The topological polar surface area (TPSA) is 123 Å². The molecule has 3 aromatic carbocycles. The maximum Gasteiger partial charge on any atom is 0.389 e. The number of benzodiazepines with no additional fused rings is 1. The third kappa shape index (κ3) is 7.42. The summed E-state index contributed by atoms with van der Waals surface area (Å²) in [6.45, 7) is 0. The predicted molar refractivity (Wildman–Crippen MR) is 154 cm³/mol. The van der Waals surface area contributed by atoms with Gasteiger partial charge in [-0.2, -0.15) is 13.2 Å². The molecule has 44 heavy (non-hydrogen) atoms. The van der Waals surface area contributed by atoms with Crippen molar-refractivity contribution in [1.82, 2.24) is 5.32 Å². The van der Waals surface area contributed by atoms with E-state index >= 15 is 0 Å². The van der Waals surface area contributed by atoms with Crippen LogP contribution in [0.1, 0.15) is 54.7 Å². The van der Waals surface area contributed by atoms with E-state index in [0.717, 1.165) is 12.8 Å². The number of anilines is 1. The molecular weight excluding hydrogens is 580 g/mol. The third-order valence-electron chi connectivity index (χ3n) is 7.41. The third-order valence-corrected chi connectivity index (χ3v) is 7.41. The van der Waals surface area contributed by atoms with E-state index < -0.39 is 60.6 Å². The van der Waals surface area contributed by atoms with Gasteiger partial charge in [0.1, 0.15) is 11.6 Å². The quantitative estimate of drug-likeness (QED) is 0.258.